The lowest BCUT2D eigenvalue weighted by Crippen LogP contribution is -2.25. The van der Waals surface area contributed by atoms with Crippen LogP contribution >= 0.6 is 15.9 Å². The fourth-order valence-corrected chi connectivity index (χ4v) is 2.39. The average molecular weight is 300 g/mol. The highest BCUT2D eigenvalue weighted by molar-refractivity contribution is 9.10. The third-order valence-electron chi connectivity index (χ3n) is 3.25. The van der Waals surface area contributed by atoms with Gasteiger partial charge in [0.05, 0.1) is 11.9 Å². The van der Waals surface area contributed by atoms with Crippen LogP contribution in [0, 0.1) is 5.92 Å². The van der Waals surface area contributed by atoms with Gasteiger partial charge in [0.1, 0.15) is 4.47 Å². The molecule has 1 aromatic heterocycles. The van der Waals surface area contributed by atoms with Crippen LogP contribution in [-0.4, -0.2) is 15.8 Å². The number of hydrogen-bond acceptors (Lipinski definition) is 3. The van der Waals surface area contributed by atoms with Crippen LogP contribution in [0.4, 0.5) is 5.69 Å². The second kappa shape index (κ2) is 5.21. The monoisotopic (exact) mass is 299 g/mol. The van der Waals surface area contributed by atoms with E-state index in [9.17, 15) is 4.79 Å². The van der Waals surface area contributed by atoms with Crippen molar-refractivity contribution in [2.75, 3.05) is 5.32 Å². The predicted octanol–water partition coefficient (Wildman–Crippen LogP) is 2.53. The predicted molar refractivity (Wildman–Crippen MR) is 72.2 cm³/mol. The zero-order chi connectivity index (χ0) is 12.4. The molecule has 17 heavy (non-hydrogen) atoms. The van der Waals surface area contributed by atoms with E-state index in [-0.39, 0.29) is 5.56 Å². The van der Waals surface area contributed by atoms with E-state index < -0.39 is 0 Å². The Morgan fingerprint density at radius 1 is 1.65 bits per heavy atom. The van der Waals surface area contributed by atoms with Gasteiger partial charge in [-0.15, -0.1) is 0 Å². The molecule has 1 saturated carbocycles. The number of halogens is 1. The summed E-state index contributed by atoms with van der Waals surface area (Å²) in [6.45, 7) is 2.17. The number of rotatable bonds is 5. The van der Waals surface area contributed by atoms with Gasteiger partial charge in [0.2, 0.25) is 0 Å². The molecule has 1 atom stereocenters. The molecule has 1 aliphatic carbocycles. The molecular weight excluding hydrogens is 282 g/mol. The highest BCUT2D eigenvalue weighted by Crippen LogP contribution is 2.35. The zero-order valence-electron chi connectivity index (χ0n) is 10.2. The van der Waals surface area contributed by atoms with Gasteiger partial charge in [-0.25, -0.2) is 4.68 Å². The van der Waals surface area contributed by atoms with Crippen LogP contribution < -0.4 is 10.9 Å². The van der Waals surface area contributed by atoms with Crippen molar-refractivity contribution in [3.8, 4) is 0 Å². The lowest BCUT2D eigenvalue weighted by atomic mass is 10.1. The van der Waals surface area contributed by atoms with Gasteiger partial charge in [0.25, 0.3) is 5.56 Å². The Hall–Kier alpha value is -0.840. The molecule has 5 heteroatoms. The molecule has 0 aliphatic heterocycles. The molecular formula is C12H18BrN3O. The molecule has 1 unspecified atom stereocenters. The van der Waals surface area contributed by atoms with E-state index in [1.54, 1.807) is 13.2 Å². The van der Waals surface area contributed by atoms with Crippen LogP contribution in [0.25, 0.3) is 0 Å². The summed E-state index contributed by atoms with van der Waals surface area (Å²) in [6.07, 6.45) is 6.68. The van der Waals surface area contributed by atoms with Crippen LogP contribution in [-0.2, 0) is 7.05 Å². The van der Waals surface area contributed by atoms with Gasteiger partial charge in [-0.1, -0.05) is 19.8 Å². The summed E-state index contributed by atoms with van der Waals surface area (Å²) >= 11 is 3.33. The maximum atomic E-state index is 11.7. The van der Waals surface area contributed by atoms with E-state index in [2.05, 4.69) is 33.3 Å². The summed E-state index contributed by atoms with van der Waals surface area (Å²) in [5, 5.41) is 7.45. The topological polar surface area (TPSA) is 46.9 Å². The molecule has 1 aliphatic rings. The fourth-order valence-electron chi connectivity index (χ4n) is 1.91. The fraction of sp³-hybridized carbons (Fsp3) is 0.667. The largest absolute Gasteiger partial charge is 0.380 e. The Morgan fingerprint density at radius 3 is 2.94 bits per heavy atom. The highest BCUT2D eigenvalue weighted by Gasteiger charge is 2.25. The Kier molecular flexibility index (Phi) is 3.86. The Labute approximate surface area is 110 Å². The first-order valence-electron chi connectivity index (χ1n) is 6.10. The van der Waals surface area contributed by atoms with Gasteiger partial charge in [-0.05, 0) is 34.7 Å². The summed E-state index contributed by atoms with van der Waals surface area (Å²) in [6, 6.07) is 0.438. The second-order valence-electron chi connectivity index (χ2n) is 4.73. The Balaban J connectivity index is 2.10. The van der Waals surface area contributed by atoms with Crippen molar-refractivity contribution in [3.05, 3.63) is 21.0 Å². The molecule has 4 nitrogen and oxygen atoms in total. The van der Waals surface area contributed by atoms with Crippen molar-refractivity contribution in [3.63, 3.8) is 0 Å². The molecule has 1 fully saturated rings. The van der Waals surface area contributed by atoms with E-state index in [0.29, 0.717) is 10.5 Å². The van der Waals surface area contributed by atoms with E-state index in [4.69, 9.17) is 0 Å². The standard InChI is InChI=1S/C12H18BrN3O/c1-3-9(6-8-4-5-8)15-10-7-14-16(2)12(17)11(10)13/h7-9,15H,3-6H2,1-2H3. The van der Waals surface area contributed by atoms with Crippen LogP contribution in [0.1, 0.15) is 32.6 Å². The van der Waals surface area contributed by atoms with Crippen LogP contribution in [0.2, 0.25) is 0 Å². The van der Waals surface area contributed by atoms with E-state index >= 15 is 0 Å². The molecule has 1 N–H and O–H groups in total. The van der Waals surface area contributed by atoms with Gasteiger partial charge in [-0.3, -0.25) is 4.79 Å². The molecule has 1 heterocycles. The quantitative estimate of drug-likeness (QED) is 0.909. The Morgan fingerprint density at radius 2 is 2.35 bits per heavy atom. The minimum absolute atomic E-state index is 0.101. The highest BCUT2D eigenvalue weighted by atomic mass is 79.9. The minimum Gasteiger partial charge on any atom is -0.380 e. The summed E-state index contributed by atoms with van der Waals surface area (Å²) in [5.41, 5.74) is 0.705. The summed E-state index contributed by atoms with van der Waals surface area (Å²) < 4.78 is 1.90. The first-order chi connectivity index (χ1) is 8.11. The molecule has 0 aromatic carbocycles. The van der Waals surface area contributed by atoms with Crippen molar-refractivity contribution < 1.29 is 0 Å². The molecule has 0 saturated heterocycles. The van der Waals surface area contributed by atoms with Crippen LogP contribution in [0.3, 0.4) is 0 Å². The van der Waals surface area contributed by atoms with E-state index in [1.165, 1.54) is 23.9 Å². The molecule has 0 radical (unpaired) electrons. The molecule has 0 amide bonds. The second-order valence-corrected chi connectivity index (χ2v) is 5.52. The van der Waals surface area contributed by atoms with Crippen LogP contribution in [0.15, 0.2) is 15.5 Å². The molecule has 94 valence electrons. The van der Waals surface area contributed by atoms with Gasteiger partial charge < -0.3 is 5.32 Å². The number of nitrogens with zero attached hydrogens (tertiary/aromatic N) is 2. The summed E-state index contributed by atoms with van der Waals surface area (Å²) in [4.78, 5) is 11.7. The number of hydrogen-bond donors (Lipinski definition) is 1. The summed E-state index contributed by atoms with van der Waals surface area (Å²) in [5.74, 6) is 0.880. The maximum absolute atomic E-state index is 11.7. The molecule has 0 bridgehead atoms. The van der Waals surface area contributed by atoms with E-state index in [0.717, 1.165) is 18.0 Å². The number of aromatic nitrogens is 2. The van der Waals surface area contributed by atoms with E-state index in [1.807, 2.05) is 0 Å². The first kappa shape index (κ1) is 12.6. The van der Waals surface area contributed by atoms with Crippen molar-refractivity contribution in [1.29, 1.82) is 0 Å². The van der Waals surface area contributed by atoms with Gasteiger partial charge in [0.15, 0.2) is 0 Å². The average Bonchev–Trinajstić information content (AvgIpc) is 3.12. The first-order valence-corrected chi connectivity index (χ1v) is 6.89. The number of nitrogens with one attached hydrogen (secondary N) is 1. The molecule has 1 aromatic rings. The van der Waals surface area contributed by atoms with Crippen molar-refractivity contribution in [2.45, 2.75) is 38.6 Å². The number of anilines is 1. The lowest BCUT2D eigenvalue weighted by molar-refractivity contribution is 0.585. The third kappa shape index (κ3) is 3.09. The third-order valence-corrected chi connectivity index (χ3v) is 4.01. The number of aryl methyl sites for hydroxylation is 1. The smallest absolute Gasteiger partial charge is 0.282 e. The Bertz CT molecular complexity index is 454. The molecule has 2 rings (SSSR count). The minimum atomic E-state index is -0.101. The maximum Gasteiger partial charge on any atom is 0.282 e. The lowest BCUT2D eigenvalue weighted by Gasteiger charge is -2.18. The van der Waals surface area contributed by atoms with Gasteiger partial charge in [-0.2, -0.15) is 5.10 Å². The SMILES string of the molecule is CCC(CC1CC1)Nc1cnn(C)c(=O)c1Br. The van der Waals surface area contributed by atoms with Gasteiger partial charge in [0, 0.05) is 13.1 Å². The van der Waals surface area contributed by atoms with Crippen LogP contribution in [0.5, 0.6) is 0 Å². The van der Waals surface area contributed by atoms with Gasteiger partial charge >= 0.3 is 0 Å². The van der Waals surface area contributed by atoms with Crippen molar-refractivity contribution in [1.82, 2.24) is 9.78 Å². The zero-order valence-corrected chi connectivity index (χ0v) is 11.8. The molecule has 0 spiro atoms. The summed E-state index contributed by atoms with van der Waals surface area (Å²) in [7, 11) is 1.65. The van der Waals surface area contributed by atoms with Crippen molar-refractivity contribution >= 4 is 21.6 Å². The van der Waals surface area contributed by atoms with Crippen molar-refractivity contribution in [2.24, 2.45) is 13.0 Å². The normalized spacial score (nSPS) is 16.9.